The summed E-state index contributed by atoms with van der Waals surface area (Å²) < 4.78 is 43.0. The van der Waals surface area contributed by atoms with Crippen LogP contribution in [-0.2, 0) is 17.4 Å². The van der Waals surface area contributed by atoms with Gasteiger partial charge in [-0.1, -0.05) is 18.2 Å². The number of nitrogens with one attached hydrogen (secondary N) is 2. The molecule has 1 heterocycles. The van der Waals surface area contributed by atoms with Gasteiger partial charge in [-0.15, -0.1) is 0 Å². The largest absolute Gasteiger partial charge is 0.496 e. The molecule has 0 saturated heterocycles. The third-order valence-corrected chi connectivity index (χ3v) is 3.05. The number of amides is 1. The quantitative estimate of drug-likeness (QED) is 0.907. The lowest BCUT2D eigenvalue weighted by Crippen LogP contribution is -2.22. The maximum Gasteiger partial charge on any atom is 0.417 e. The van der Waals surface area contributed by atoms with Gasteiger partial charge in [-0.3, -0.25) is 9.59 Å². The van der Waals surface area contributed by atoms with E-state index in [-0.39, 0.29) is 6.42 Å². The van der Waals surface area contributed by atoms with E-state index in [1.807, 2.05) is 4.98 Å². The number of hydrogen-bond acceptors (Lipinski definition) is 3. The van der Waals surface area contributed by atoms with Crippen molar-refractivity contribution in [3.8, 4) is 5.75 Å². The maximum atomic E-state index is 12.6. The Morgan fingerprint density at radius 1 is 1.30 bits per heavy atom. The van der Waals surface area contributed by atoms with Gasteiger partial charge in [-0.2, -0.15) is 13.2 Å². The molecule has 2 aromatic rings. The molecule has 0 saturated carbocycles. The number of aromatic nitrogens is 1. The Bertz CT molecular complexity index is 769. The molecule has 122 valence electrons. The van der Waals surface area contributed by atoms with Crippen LogP contribution in [0.15, 0.2) is 41.3 Å². The summed E-state index contributed by atoms with van der Waals surface area (Å²) in [7, 11) is 1.44. The molecule has 0 aliphatic heterocycles. The van der Waals surface area contributed by atoms with Crippen LogP contribution in [0.1, 0.15) is 11.1 Å². The molecule has 0 atom stereocenters. The second-order valence-electron chi connectivity index (χ2n) is 4.67. The number of pyridine rings is 1. The van der Waals surface area contributed by atoms with Crippen molar-refractivity contribution in [3.05, 3.63) is 58.0 Å². The first-order valence-electron chi connectivity index (χ1n) is 6.53. The van der Waals surface area contributed by atoms with Crippen LogP contribution in [0.3, 0.4) is 0 Å². The van der Waals surface area contributed by atoms with Gasteiger partial charge in [0.25, 0.3) is 5.56 Å². The zero-order valence-corrected chi connectivity index (χ0v) is 12.0. The molecule has 0 spiro atoms. The first-order chi connectivity index (χ1) is 10.8. The molecule has 2 rings (SSSR count). The van der Waals surface area contributed by atoms with E-state index in [2.05, 4.69) is 5.32 Å². The van der Waals surface area contributed by atoms with Crippen molar-refractivity contribution in [1.82, 2.24) is 4.98 Å². The predicted molar refractivity (Wildman–Crippen MR) is 77.4 cm³/mol. The number of methoxy groups -OCH3 is 1. The molecule has 0 aliphatic carbocycles. The normalized spacial score (nSPS) is 11.1. The van der Waals surface area contributed by atoms with Crippen molar-refractivity contribution in [2.24, 2.45) is 0 Å². The number of ether oxygens (including phenoxy) is 1. The lowest BCUT2D eigenvalue weighted by molar-refractivity contribution is -0.137. The van der Waals surface area contributed by atoms with Crippen LogP contribution in [0.2, 0.25) is 0 Å². The molecule has 0 radical (unpaired) electrons. The second kappa shape index (κ2) is 6.55. The van der Waals surface area contributed by atoms with Gasteiger partial charge in [0.15, 0.2) is 0 Å². The third kappa shape index (κ3) is 4.12. The number of hydrogen-bond donors (Lipinski definition) is 2. The number of halogens is 3. The zero-order valence-electron chi connectivity index (χ0n) is 12.0. The summed E-state index contributed by atoms with van der Waals surface area (Å²) >= 11 is 0. The standard InChI is InChI=1S/C15H13F3N2O3/c1-23-12-5-3-2-4-9(12)6-13(21)20-11-7-10(15(16,17)18)8-19-14(11)22/h2-5,7-8H,6H2,1H3,(H,19,22)(H,20,21). The molecular formula is C15H13F3N2O3. The minimum atomic E-state index is -4.62. The Labute approximate surface area is 129 Å². The molecule has 2 N–H and O–H groups in total. The molecule has 1 amide bonds. The van der Waals surface area contributed by atoms with E-state index in [1.54, 1.807) is 24.3 Å². The summed E-state index contributed by atoms with van der Waals surface area (Å²) in [5.74, 6) is -0.153. The number of alkyl halides is 3. The highest BCUT2D eigenvalue weighted by Crippen LogP contribution is 2.29. The van der Waals surface area contributed by atoms with Crippen LogP contribution in [0.5, 0.6) is 5.75 Å². The van der Waals surface area contributed by atoms with E-state index < -0.39 is 28.9 Å². The smallest absolute Gasteiger partial charge is 0.417 e. The van der Waals surface area contributed by atoms with Crippen molar-refractivity contribution >= 4 is 11.6 Å². The number of H-pyrrole nitrogens is 1. The molecule has 0 bridgehead atoms. The summed E-state index contributed by atoms with van der Waals surface area (Å²) in [6.45, 7) is 0. The van der Waals surface area contributed by atoms with E-state index in [9.17, 15) is 22.8 Å². The highest BCUT2D eigenvalue weighted by molar-refractivity contribution is 5.92. The average Bonchev–Trinajstić information content (AvgIpc) is 2.49. The zero-order chi connectivity index (χ0) is 17.0. The lowest BCUT2D eigenvalue weighted by Gasteiger charge is -2.10. The number of benzene rings is 1. The van der Waals surface area contributed by atoms with Crippen LogP contribution in [-0.4, -0.2) is 18.0 Å². The van der Waals surface area contributed by atoms with Gasteiger partial charge >= 0.3 is 6.18 Å². The summed E-state index contributed by atoms with van der Waals surface area (Å²) in [6, 6.07) is 7.31. The van der Waals surface area contributed by atoms with Gasteiger partial charge in [0, 0.05) is 11.8 Å². The number of anilines is 1. The van der Waals surface area contributed by atoms with Gasteiger partial charge < -0.3 is 15.0 Å². The number of aromatic amines is 1. The Hall–Kier alpha value is -2.77. The highest BCUT2D eigenvalue weighted by Gasteiger charge is 2.31. The van der Waals surface area contributed by atoms with Crippen molar-refractivity contribution in [2.75, 3.05) is 12.4 Å². The Balaban J connectivity index is 2.19. The van der Waals surface area contributed by atoms with Crippen LogP contribution in [0.25, 0.3) is 0 Å². The van der Waals surface area contributed by atoms with E-state index in [0.717, 1.165) is 0 Å². The van der Waals surface area contributed by atoms with Crippen LogP contribution in [0.4, 0.5) is 18.9 Å². The number of carbonyl (C=O) groups excluding carboxylic acids is 1. The fourth-order valence-corrected chi connectivity index (χ4v) is 1.96. The molecule has 1 aromatic heterocycles. The molecule has 0 fully saturated rings. The van der Waals surface area contributed by atoms with Crippen LogP contribution < -0.4 is 15.6 Å². The summed E-state index contributed by atoms with van der Waals surface area (Å²) in [5, 5.41) is 2.18. The van der Waals surface area contributed by atoms with Crippen molar-refractivity contribution < 1.29 is 22.7 Å². The van der Waals surface area contributed by atoms with E-state index in [1.165, 1.54) is 7.11 Å². The molecule has 1 aromatic carbocycles. The number of carbonyl (C=O) groups is 1. The summed E-state index contributed by atoms with van der Waals surface area (Å²) in [4.78, 5) is 25.5. The van der Waals surface area contributed by atoms with Crippen molar-refractivity contribution in [1.29, 1.82) is 0 Å². The van der Waals surface area contributed by atoms with Crippen LogP contribution >= 0.6 is 0 Å². The fourth-order valence-electron chi connectivity index (χ4n) is 1.96. The van der Waals surface area contributed by atoms with E-state index in [0.29, 0.717) is 23.6 Å². The van der Waals surface area contributed by atoms with Crippen molar-refractivity contribution in [3.63, 3.8) is 0 Å². The minimum Gasteiger partial charge on any atom is -0.496 e. The van der Waals surface area contributed by atoms with Crippen molar-refractivity contribution in [2.45, 2.75) is 12.6 Å². The van der Waals surface area contributed by atoms with Gasteiger partial charge in [-0.05, 0) is 12.1 Å². The molecule has 0 unspecified atom stereocenters. The summed E-state index contributed by atoms with van der Waals surface area (Å²) in [5.41, 5.74) is -1.77. The van der Waals surface area contributed by atoms with Gasteiger partial charge in [0.2, 0.25) is 5.91 Å². The first-order valence-corrected chi connectivity index (χ1v) is 6.53. The SMILES string of the molecule is COc1ccccc1CC(=O)Nc1cc(C(F)(F)F)c[nH]c1=O. The molecule has 23 heavy (non-hydrogen) atoms. The Morgan fingerprint density at radius 2 is 2.00 bits per heavy atom. The predicted octanol–water partition coefficient (Wildman–Crippen LogP) is 2.58. The molecule has 8 heteroatoms. The third-order valence-electron chi connectivity index (χ3n) is 3.05. The number of para-hydroxylation sites is 1. The van der Waals surface area contributed by atoms with E-state index >= 15 is 0 Å². The van der Waals surface area contributed by atoms with Gasteiger partial charge in [0.1, 0.15) is 11.4 Å². The maximum absolute atomic E-state index is 12.6. The Morgan fingerprint density at radius 3 is 2.65 bits per heavy atom. The molecule has 0 aliphatic rings. The highest BCUT2D eigenvalue weighted by atomic mass is 19.4. The Kier molecular flexibility index (Phi) is 4.73. The van der Waals surface area contributed by atoms with Gasteiger partial charge in [-0.25, -0.2) is 0 Å². The first kappa shape index (κ1) is 16.6. The number of rotatable bonds is 4. The monoisotopic (exact) mass is 326 g/mol. The van der Waals surface area contributed by atoms with Gasteiger partial charge in [0.05, 0.1) is 19.1 Å². The average molecular weight is 326 g/mol. The topological polar surface area (TPSA) is 71.2 Å². The lowest BCUT2D eigenvalue weighted by atomic mass is 10.1. The molecule has 5 nitrogen and oxygen atoms in total. The van der Waals surface area contributed by atoms with E-state index in [4.69, 9.17) is 4.74 Å². The van der Waals surface area contributed by atoms with Crippen LogP contribution in [0, 0.1) is 0 Å². The summed E-state index contributed by atoms with van der Waals surface area (Å²) in [6.07, 6.45) is -4.20. The minimum absolute atomic E-state index is 0.139. The molecular weight excluding hydrogens is 313 g/mol. The fraction of sp³-hybridized carbons (Fsp3) is 0.200. The second-order valence-corrected chi connectivity index (χ2v) is 4.67.